The molecule has 0 radical (unpaired) electrons. The minimum Gasteiger partial charge on any atom is -0.326 e. The molecule has 0 aliphatic carbocycles. The second-order valence-corrected chi connectivity index (χ2v) is 4.89. The number of benzene rings is 1. The summed E-state index contributed by atoms with van der Waals surface area (Å²) < 4.78 is 39.1. The number of hydrogen-bond acceptors (Lipinski definition) is 2. The van der Waals surface area contributed by atoms with E-state index in [4.69, 9.17) is 5.73 Å². The number of nitrogens with zero attached hydrogens (tertiary/aromatic N) is 2. The van der Waals surface area contributed by atoms with E-state index in [1.165, 1.54) is 10.9 Å². The first kappa shape index (κ1) is 14.6. The van der Waals surface area contributed by atoms with Crippen LogP contribution < -0.4 is 5.73 Å². The maximum Gasteiger partial charge on any atom is 0.435 e. The highest BCUT2D eigenvalue weighted by Gasteiger charge is 2.34. The molecule has 0 spiro atoms. The molecule has 2 unspecified atom stereocenters. The Morgan fingerprint density at radius 3 is 2.20 bits per heavy atom. The fourth-order valence-corrected chi connectivity index (χ4v) is 2.10. The van der Waals surface area contributed by atoms with E-state index in [2.05, 4.69) is 5.10 Å². The Hall–Kier alpha value is -1.82. The highest BCUT2D eigenvalue weighted by molar-refractivity contribution is 5.26. The third-order valence-corrected chi connectivity index (χ3v) is 3.10. The molecule has 0 aliphatic rings. The summed E-state index contributed by atoms with van der Waals surface area (Å²) in [5, 5.41) is 3.61. The van der Waals surface area contributed by atoms with E-state index in [0.29, 0.717) is 0 Å². The summed E-state index contributed by atoms with van der Waals surface area (Å²) in [5.41, 5.74) is 6.92. The van der Waals surface area contributed by atoms with Crippen molar-refractivity contribution >= 4 is 0 Å². The van der Waals surface area contributed by atoms with Crippen LogP contribution in [0, 0.1) is 6.92 Å². The van der Waals surface area contributed by atoms with Gasteiger partial charge in [0, 0.05) is 12.2 Å². The summed E-state index contributed by atoms with van der Waals surface area (Å²) >= 11 is 0. The minimum atomic E-state index is -4.44. The Morgan fingerprint density at radius 1 is 1.15 bits per heavy atom. The Bertz CT molecular complexity index is 570. The number of hydrogen-bond donors (Lipinski definition) is 1. The van der Waals surface area contributed by atoms with Crippen molar-refractivity contribution in [2.75, 3.05) is 0 Å². The van der Waals surface area contributed by atoms with Gasteiger partial charge in [0.15, 0.2) is 5.69 Å². The average Bonchev–Trinajstić information content (AvgIpc) is 2.80. The number of halogens is 3. The van der Waals surface area contributed by atoms with Gasteiger partial charge in [0.2, 0.25) is 0 Å². The molecule has 2 atom stereocenters. The number of rotatable bonds is 3. The molecule has 0 bridgehead atoms. The molecule has 1 aromatic heterocycles. The molecule has 2 aromatic rings. The van der Waals surface area contributed by atoms with Crippen molar-refractivity contribution in [3.05, 3.63) is 53.3 Å². The molecule has 6 heteroatoms. The second kappa shape index (κ2) is 5.28. The van der Waals surface area contributed by atoms with Gasteiger partial charge in [-0.1, -0.05) is 29.8 Å². The van der Waals surface area contributed by atoms with E-state index in [-0.39, 0.29) is 6.04 Å². The molecule has 3 nitrogen and oxygen atoms in total. The van der Waals surface area contributed by atoms with Gasteiger partial charge in [-0.3, -0.25) is 4.68 Å². The van der Waals surface area contributed by atoms with Crippen LogP contribution in [0.2, 0.25) is 0 Å². The Labute approximate surface area is 115 Å². The van der Waals surface area contributed by atoms with Crippen molar-refractivity contribution in [3.63, 3.8) is 0 Å². The van der Waals surface area contributed by atoms with Crippen molar-refractivity contribution in [2.45, 2.75) is 32.1 Å². The highest BCUT2D eigenvalue weighted by Crippen LogP contribution is 2.29. The molecule has 0 amide bonds. The number of nitrogens with two attached hydrogens (primary N) is 1. The quantitative estimate of drug-likeness (QED) is 0.940. The molecule has 0 aliphatic heterocycles. The Morgan fingerprint density at radius 2 is 1.75 bits per heavy atom. The maximum atomic E-state index is 12.6. The van der Waals surface area contributed by atoms with Gasteiger partial charge in [0.05, 0.1) is 6.04 Å². The fraction of sp³-hybridized carbons (Fsp3) is 0.357. The van der Waals surface area contributed by atoms with Crippen molar-refractivity contribution in [1.82, 2.24) is 9.78 Å². The van der Waals surface area contributed by atoms with Crippen LogP contribution in [0.4, 0.5) is 13.2 Å². The summed E-state index contributed by atoms with van der Waals surface area (Å²) in [5.74, 6) is 0. The van der Waals surface area contributed by atoms with Gasteiger partial charge in [0.25, 0.3) is 0 Å². The Balaban J connectivity index is 2.39. The second-order valence-electron chi connectivity index (χ2n) is 4.89. The van der Waals surface area contributed by atoms with Crippen LogP contribution in [0.15, 0.2) is 36.5 Å². The molecule has 2 N–H and O–H groups in total. The van der Waals surface area contributed by atoms with Crippen LogP contribution in [-0.4, -0.2) is 15.8 Å². The zero-order valence-corrected chi connectivity index (χ0v) is 11.2. The molecule has 20 heavy (non-hydrogen) atoms. The van der Waals surface area contributed by atoms with Crippen LogP contribution in [-0.2, 0) is 6.18 Å². The molecular weight excluding hydrogens is 267 g/mol. The lowest BCUT2D eigenvalue weighted by molar-refractivity contribution is -0.141. The highest BCUT2D eigenvalue weighted by atomic mass is 19.4. The van der Waals surface area contributed by atoms with Crippen LogP contribution in [0.5, 0.6) is 0 Å². The molecule has 0 fully saturated rings. The normalized spacial score (nSPS) is 15.1. The summed E-state index contributed by atoms with van der Waals surface area (Å²) in [6.07, 6.45) is -3.13. The Kier molecular flexibility index (Phi) is 3.85. The largest absolute Gasteiger partial charge is 0.435 e. The van der Waals surface area contributed by atoms with Crippen molar-refractivity contribution in [2.24, 2.45) is 5.73 Å². The first-order valence-corrected chi connectivity index (χ1v) is 6.23. The lowest BCUT2D eigenvalue weighted by atomic mass is 10.0. The van der Waals surface area contributed by atoms with Gasteiger partial charge >= 0.3 is 6.18 Å². The first-order chi connectivity index (χ1) is 9.29. The number of alkyl halides is 3. The topological polar surface area (TPSA) is 43.8 Å². The van der Waals surface area contributed by atoms with Crippen LogP contribution in [0.3, 0.4) is 0 Å². The van der Waals surface area contributed by atoms with Crippen molar-refractivity contribution in [3.8, 4) is 0 Å². The predicted molar refractivity (Wildman–Crippen MR) is 70.2 cm³/mol. The summed E-state index contributed by atoms with van der Waals surface area (Å²) in [6.45, 7) is 3.69. The van der Waals surface area contributed by atoms with Crippen LogP contribution in [0.1, 0.15) is 29.8 Å². The first-order valence-electron chi connectivity index (χ1n) is 6.23. The zero-order chi connectivity index (χ0) is 14.9. The predicted octanol–water partition coefficient (Wildman–Crippen LogP) is 3.15. The van der Waals surface area contributed by atoms with Crippen LogP contribution in [0.25, 0.3) is 0 Å². The molecule has 2 rings (SSSR count). The molecule has 0 saturated carbocycles. The standard InChI is InChI=1S/C14H16F3N3/c1-9-3-5-11(6-4-9)13(10(2)18)20-8-7-12(19-20)14(15,16)17/h3-8,10,13H,18H2,1-2H3. The van der Waals surface area contributed by atoms with Gasteiger partial charge in [-0.25, -0.2) is 0 Å². The van der Waals surface area contributed by atoms with E-state index in [1.54, 1.807) is 6.92 Å². The summed E-state index contributed by atoms with van der Waals surface area (Å²) in [4.78, 5) is 0. The number of aryl methyl sites for hydroxylation is 1. The lowest BCUT2D eigenvalue weighted by Crippen LogP contribution is -2.31. The molecule has 0 saturated heterocycles. The van der Waals surface area contributed by atoms with Gasteiger partial charge in [0.1, 0.15) is 0 Å². The SMILES string of the molecule is Cc1ccc(C(C(C)N)n2ccc(C(F)(F)F)n2)cc1. The van der Waals surface area contributed by atoms with Gasteiger partial charge in [-0.15, -0.1) is 0 Å². The van der Waals surface area contributed by atoms with Gasteiger partial charge in [-0.2, -0.15) is 18.3 Å². The molecule has 1 aromatic carbocycles. The maximum absolute atomic E-state index is 12.6. The van der Waals surface area contributed by atoms with Gasteiger partial charge < -0.3 is 5.73 Å². The average molecular weight is 283 g/mol. The molecule has 108 valence electrons. The van der Waals surface area contributed by atoms with Crippen LogP contribution >= 0.6 is 0 Å². The van der Waals surface area contributed by atoms with E-state index in [9.17, 15) is 13.2 Å². The van der Waals surface area contributed by atoms with E-state index in [0.717, 1.165) is 17.2 Å². The van der Waals surface area contributed by atoms with E-state index in [1.807, 2.05) is 31.2 Å². The fourth-order valence-electron chi connectivity index (χ4n) is 2.10. The third kappa shape index (κ3) is 3.01. The molecular formula is C14H16F3N3. The smallest absolute Gasteiger partial charge is 0.326 e. The monoisotopic (exact) mass is 283 g/mol. The minimum absolute atomic E-state index is 0.362. The van der Waals surface area contributed by atoms with Crippen molar-refractivity contribution in [1.29, 1.82) is 0 Å². The van der Waals surface area contributed by atoms with E-state index < -0.39 is 17.9 Å². The third-order valence-electron chi connectivity index (χ3n) is 3.10. The zero-order valence-electron chi connectivity index (χ0n) is 11.2. The van der Waals surface area contributed by atoms with Crippen molar-refractivity contribution < 1.29 is 13.2 Å². The van der Waals surface area contributed by atoms with Gasteiger partial charge in [-0.05, 0) is 25.5 Å². The number of aromatic nitrogens is 2. The van der Waals surface area contributed by atoms with E-state index >= 15 is 0 Å². The summed E-state index contributed by atoms with van der Waals surface area (Å²) in [7, 11) is 0. The lowest BCUT2D eigenvalue weighted by Gasteiger charge is -2.22. The summed E-state index contributed by atoms with van der Waals surface area (Å²) in [6, 6.07) is 7.70. The molecule has 1 heterocycles.